The molecule has 5 heterocycles. The minimum Gasteiger partial charge on any atom is -0.372 e. The van der Waals surface area contributed by atoms with E-state index in [-0.39, 0.29) is 18.1 Å². The molecule has 4 aromatic heterocycles. The highest BCUT2D eigenvalue weighted by Gasteiger charge is 2.23. The number of anilines is 1. The van der Waals surface area contributed by atoms with E-state index in [1.54, 1.807) is 18.5 Å². The molecule has 1 saturated heterocycles. The Morgan fingerprint density at radius 2 is 1.91 bits per heavy atom. The number of pyridine rings is 3. The molecule has 0 saturated carbocycles. The van der Waals surface area contributed by atoms with Gasteiger partial charge in [-0.1, -0.05) is 6.07 Å². The maximum atomic E-state index is 12.5. The maximum Gasteiger partial charge on any atom is 0.253 e. The molecule has 0 unspecified atom stereocenters. The highest BCUT2D eigenvalue weighted by atomic mass is 32.2. The summed E-state index contributed by atoms with van der Waals surface area (Å²) in [5.74, 6) is 0.800. The lowest BCUT2D eigenvalue weighted by Crippen LogP contribution is -2.45. The summed E-state index contributed by atoms with van der Waals surface area (Å²) in [7, 11) is 0. The molecule has 4 aromatic rings. The average molecular weight is 489 g/mol. The number of amides is 1. The number of fused-ring (bicyclic) bond motifs is 1. The minimum absolute atomic E-state index is 0.130. The van der Waals surface area contributed by atoms with Crippen LogP contribution in [0.5, 0.6) is 0 Å². The van der Waals surface area contributed by atoms with Crippen molar-refractivity contribution < 1.29 is 9.53 Å². The Morgan fingerprint density at radius 3 is 2.69 bits per heavy atom. The first-order valence-corrected chi connectivity index (χ1v) is 12.8. The van der Waals surface area contributed by atoms with Gasteiger partial charge < -0.3 is 15.0 Å². The van der Waals surface area contributed by atoms with Crippen molar-refractivity contribution in [2.24, 2.45) is 0 Å². The summed E-state index contributed by atoms with van der Waals surface area (Å²) >= 11 is 1.53. The van der Waals surface area contributed by atoms with Crippen LogP contribution in [0.4, 0.5) is 5.82 Å². The fourth-order valence-electron chi connectivity index (χ4n) is 4.30. The number of ether oxygens (including phenoxy) is 1. The van der Waals surface area contributed by atoms with E-state index in [0.29, 0.717) is 12.1 Å². The smallest absolute Gasteiger partial charge is 0.253 e. The fraction of sp³-hybridized carbons (Fsp3) is 0.308. The third-order valence-corrected chi connectivity index (χ3v) is 6.59. The van der Waals surface area contributed by atoms with Crippen molar-refractivity contribution in [3.63, 3.8) is 0 Å². The number of nitrogens with zero attached hydrogens (tertiary/aromatic N) is 5. The van der Waals surface area contributed by atoms with Crippen LogP contribution < -0.4 is 10.2 Å². The largest absolute Gasteiger partial charge is 0.372 e. The molecule has 0 bridgehead atoms. The molecule has 1 N–H and O–H groups in total. The molecule has 9 heteroatoms. The molecule has 2 atom stereocenters. The molecular formula is C26H28N6O2S. The van der Waals surface area contributed by atoms with Gasteiger partial charge in [-0.3, -0.25) is 13.8 Å². The summed E-state index contributed by atoms with van der Waals surface area (Å²) in [4.78, 5) is 29.0. The van der Waals surface area contributed by atoms with Gasteiger partial charge in [-0.2, -0.15) is 0 Å². The Kier molecular flexibility index (Phi) is 6.70. The Bertz CT molecular complexity index is 1350. The van der Waals surface area contributed by atoms with Gasteiger partial charge in [-0.15, -0.1) is 0 Å². The molecule has 1 amide bonds. The summed E-state index contributed by atoms with van der Waals surface area (Å²) in [5, 5.41) is 3.87. The SMILES string of the molecule is CSn1ccc(C(=O)NCc2cc3nc(-c4cccc(N5C[C@@H](C)O[C@@H](C)C5)n4)ccc3cn2)c1. The van der Waals surface area contributed by atoms with E-state index in [1.165, 1.54) is 11.9 Å². The molecule has 8 nitrogen and oxygen atoms in total. The van der Waals surface area contributed by atoms with Gasteiger partial charge in [0, 0.05) is 43.3 Å². The van der Waals surface area contributed by atoms with E-state index >= 15 is 0 Å². The van der Waals surface area contributed by atoms with Crippen LogP contribution >= 0.6 is 11.9 Å². The fourth-order valence-corrected chi connectivity index (χ4v) is 4.70. The van der Waals surface area contributed by atoms with Crippen LogP contribution in [-0.2, 0) is 11.3 Å². The third kappa shape index (κ3) is 5.31. The second kappa shape index (κ2) is 10.1. The van der Waals surface area contributed by atoms with E-state index < -0.39 is 0 Å². The van der Waals surface area contributed by atoms with Crippen molar-refractivity contribution >= 4 is 34.6 Å². The van der Waals surface area contributed by atoms with Crippen LogP contribution in [0.2, 0.25) is 0 Å². The topological polar surface area (TPSA) is 85.2 Å². The molecule has 1 aliphatic rings. The number of carbonyl (C=O) groups excluding carboxylic acids is 1. The maximum absolute atomic E-state index is 12.5. The quantitative estimate of drug-likeness (QED) is 0.436. The average Bonchev–Trinajstić information content (AvgIpc) is 3.36. The Labute approximate surface area is 208 Å². The highest BCUT2D eigenvalue weighted by Crippen LogP contribution is 2.24. The zero-order valence-corrected chi connectivity index (χ0v) is 20.8. The first kappa shape index (κ1) is 23.3. The number of hydrogen-bond donors (Lipinski definition) is 1. The lowest BCUT2D eigenvalue weighted by molar-refractivity contribution is -0.00545. The molecule has 5 rings (SSSR count). The van der Waals surface area contributed by atoms with Gasteiger partial charge in [0.1, 0.15) is 5.82 Å². The predicted octanol–water partition coefficient (Wildman–Crippen LogP) is 4.16. The molecule has 0 aliphatic carbocycles. The van der Waals surface area contributed by atoms with Crippen LogP contribution in [0.25, 0.3) is 22.3 Å². The van der Waals surface area contributed by atoms with Crippen molar-refractivity contribution in [1.82, 2.24) is 24.2 Å². The Balaban J connectivity index is 1.34. The molecule has 0 radical (unpaired) electrons. The van der Waals surface area contributed by atoms with Gasteiger partial charge in [0.15, 0.2) is 0 Å². The monoisotopic (exact) mass is 488 g/mol. The van der Waals surface area contributed by atoms with Crippen LogP contribution in [0.1, 0.15) is 29.9 Å². The molecule has 180 valence electrons. The number of nitrogens with one attached hydrogen (secondary N) is 1. The molecule has 35 heavy (non-hydrogen) atoms. The Morgan fingerprint density at radius 1 is 1.11 bits per heavy atom. The second-order valence-corrected chi connectivity index (χ2v) is 9.52. The number of hydrogen-bond acceptors (Lipinski definition) is 7. The second-order valence-electron chi connectivity index (χ2n) is 8.73. The van der Waals surface area contributed by atoms with Gasteiger partial charge in [0.25, 0.3) is 5.91 Å². The van der Waals surface area contributed by atoms with Gasteiger partial charge in [0.05, 0.1) is 46.9 Å². The first-order valence-electron chi connectivity index (χ1n) is 11.6. The summed E-state index contributed by atoms with van der Waals surface area (Å²) in [5.41, 5.74) is 3.80. The molecule has 0 spiro atoms. The van der Waals surface area contributed by atoms with E-state index in [0.717, 1.165) is 46.9 Å². The standard InChI is InChI=1S/C26H28N6O2S/c1-17-14-31(15-18(2)34-17)25-6-4-5-22(30-25)23-8-7-19-12-27-21(11-24(19)29-23)13-28-26(33)20-9-10-32(16-20)35-3/h4-12,16-18H,13-15H2,1-3H3,(H,28,33)/t17-,18+. The van der Waals surface area contributed by atoms with Crippen molar-refractivity contribution in [3.05, 3.63) is 72.3 Å². The summed E-state index contributed by atoms with van der Waals surface area (Å²) in [6, 6.07) is 13.7. The number of morpholine rings is 1. The normalized spacial score (nSPS) is 18.1. The Hall–Kier alpha value is -3.43. The third-order valence-electron chi connectivity index (χ3n) is 5.94. The van der Waals surface area contributed by atoms with Crippen molar-refractivity contribution in [3.8, 4) is 11.4 Å². The van der Waals surface area contributed by atoms with Crippen LogP contribution in [0.3, 0.4) is 0 Å². The number of carbonyl (C=O) groups is 1. The summed E-state index contributed by atoms with van der Waals surface area (Å²) < 4.78 is 7.75. The number of aromatic nitrogens is 4. The van der Waals surface area contributed by atoms with Crippen molar-refractivity contribution in [1.29, 1.82) is 0 Å². The lowest BCUT2D eigenvalue weighted by Gasteiger charge is -2.36. The van der Waals surface area contributed by atoms with E-state index in [2.05, 4.69) is 29.0 Å². The minimum atomic E-state index is -0.130. The highest BCUT2D eigenvalue weighted by molar-refractivity contribution is 7.97. The molecule has 1 fully saturated rings. The van der Waals surface area contributed by atoms with Crippen LogP contribution in [0, 0.1) is 0 Å². The molecular weight excluding hydrogens is 460 g/mol. The van der Waals surface area contributed by atoms with Gasteiger partial charge >= 0.3 is 0 Å². The van der Waals surface area contributed by atoms with Crippen molar-refractivity contribution in [2.45, 2.75) is 32.6 Å². The zero-order chi connectivity index (χ0) is 24.4. The van der Waals surface area contributed by atoms with E-state index in [4.69, 9.17) is 14.7 Å². The first-order chi connectivity index (χ1) is 17.0. The van der Waals surface area contributed by atoms with Crippen molar-refractivity contribution in [2.75, 3.05) is 24.2 Å². The van der Waals surface area contributed by atoms with Gasteiger partial charge in [0.2, 0.25) is 0 Å². The number of rotatable bonds is 6. The van der Waals surface area contributed by atoms with Gasteiger partial charge in [-0.05, 0) is 62.2 Å². The summed E-state index contributed by atoms with van der Waals surface area (Å²) in [6.07, 6.45) is 7.75. The molecule has 1 aliphatic heterocycles. The lowest BCUT2D eigenvalue weighted by atomic mass is 10.1. The van der Waals surface area contributed by atoms with E-state index in [9.17, 15) is 4.79 Å². The zero-order valence-electron chi connectivity index (χ0n) is 20.0. The van der Waals surface area contributed by atoms with E-state index in [1.807, 2.05) is 52.8 Å². The molecule has 0 aromatic carbocycles. The summed E-state index contributed by atoms with van der Waals surface area (Å²) in [6.45, 7) is 6.13. The van der Waals surface area contributed by atoms with Gasteiger partial charge in [-0.25, -0.2) is 9.97 Å². The van der Waals surface area contributed by atoms with Crippen LogP contribution in [0.15, 0.2) is 61.1 Å². The predicted molar refractivity (Wildman–Crippen MR) is 140 cm³/mol. The van der Waals surface area contributed by atoms with Crippen LogP contribution in [-0.4, -0.2) is 56.4 Å².